The summed E-state index contributed by atoms with van der Waals surface area (Å²) >= 11 is 13.4. The van der Waals surface area contributed by atoms with Crippen molar-refractivity contribution in [1.82, 2.24) is 0 Å². The van der Waals surface area contributed by atoms with Gasteiger partial charge in [0.05, 0.1) is 21.8 Å². The van der Waals surface area contributed by atoms with Crippen LogP contribution in [0.1, 0.15) is 22.7 Å². The number of benzene rings is 1. The Morgan fingerprint density at radius 3 is 2.50 bits per heavy atom. The molecular weight excluding hydrogens is 289 g/mol. The van der Waals surface area contributed by atoms with Crippen molar-refractivity contribution in [3.05, 3.63) is 49.6 Å². The molecule has 18 heavy (non-hydrogen) atoms. The fraction of sp³-hybridized carbons (Fsp3) is 0.231. The second-order valence-electron chi connectivity index (χ2n) is 3.99. The SMILES string of the molecule is COc1ccc(C(N)c2cc(Cl)sc2Cl)cc1C. The zero-order valence-electron chi connectivity index (χ0n) is 10.0. The smallest absolute Gasteiger partial charge is 0.121 e. The van der Waals surface area contributed by atoms with E-state index in [0.29, 0.717) is 8.67 Å². The number of thiophene rings is 1. The number of halogens is 2. The highest BCUT2D eigenvalue weighted by atomic mass is 35.5. The van der Waals surface area contributed by atoms with Crippen molar-refractivity contribution in [2.75, 3.05) is 7.11 Å². The molecule has 2 rings (SSSR count). The van der Waals surface area contributed by atoms with Crippen LogP contribution in [0.5, 0.6) is 5.75 Å². The fourth-order valence-corrected chi connectivity index (χ4v) is 3.39. The van der Waals surface area contributed by atoms with Crippen molar-refractivity contribution in [2.45, 2.75) is 13.0 Å². The van der Waals surface area contributed by atoms with Crippen molar-refractivity contribution in [3.63, 3.8) is 0 Å². The summed E-state index contributed by atoms with van der Waals surface area (Å²) in [6, 6.07) is 7.40. The summed E-state index contributed by atoms with van der Waals surface area (Å²) in [7, 11) is 1.65. The van der Waals surface area contributed by atoms with Gasteiger partial charge in [-0.05, 0) is 30.2 Å². The third-order valence-electron chi connectivity index (χ3n) is 2.80. The predicted molar refractivity (Wildman–Crippen MR) is 78.1 cm³/mol. The maximum atomic E-state index is 6.21. The van der Waals surface area contributed by atoms with E-state index in [4.69, 9.17) is 33.7 Å². The van der Waals surface area contributed by atoms with E-state index in [1.54, 1.807) is 7.11 Å². The minimum Gasteiger partial charge on any atom is -0.496 e. The molecule has 1 atom stereocenters. The van der Waals surface area contributed by atoms with Crippen molar-refractivity contribution in [2.24, 2.45) is 5.73 Å². The zero-order chi connectivity index (χ0) is 13.3. The van der Waals surface area contributed by atoms with Gasteiger partial charge in [0.1, 0.15) is 5.75 Å². The number of hydrogen-bond acceptors (Lipinski definition) is 3. The lowest BCUT2D eigenvalue weighted by atomic mass is 10.00. The highest BCUT2D eigenvalue weighted by Gasteiger charge is 2.16. The van der Waals surface area contributed by atoms with Gasteiger partial charge in [0, 0.05) is 5.56 Å². The highest BCUT2D eigenvalue weighted by molar-refractivity contribution is 7.20. The summed E-state index contributed by atoms with van der Waals surface area (Å²) in [4.78, 5) is 0. The molecule has 2 nitrogen and oxygen atoms in total. The summed E-state index contributed by atoms with van der Waals surface area (Å²) in [5, 5.41) is 0. The van der Waals surface area contributed by atoms with Gasteiger partial charge in [-0.15, -0.1) is 11.3 Å². The van der Waals surface area contributed by atoms with Crippen LogP contribution in [0.2, 0.25) is 8.67 Å². The van der Waals surface area contributed by atoms with E-state index in [-0.39, 0.29) is 6.04 Å². The fourth-order valence-electron chi connectivity index (χ4n) is 1.84. The van der Waals surface area contributed by atoms with Gasteiger partial charge >= 0.3 is 0 Å². The standard InChI is InChI=1S/C13H13Cl2NOS/c1-7-5-8(3-4-10(7)17-2)12(16)9-6-11(14)18-13(9)15/h3-6,12H,16H2,1-2H3. The molecule has 0 spiro atoms. The number of methoxy groups -OCH3 is 1. The van der Waals surface area contributed by atoms with E-state index < -0.39 is 0 Å². The average Bonchev–Trinajstić information content (AvgIpc) is 2.67. The van der Waals surface area contributed by atoms with Crippen LogP contribution in [0.15, 0.2) is 24.3 Å². The van der Waals surface area contributed by atoms with Crippen LogP contribution in [0.4, 0.5) is 0 Å². The largest absolute Gasteiger partial charge is 0.496 e. The Bertz CT molecular complexity index is 568. The van der Waals surface area contributed by atoms with Gasteiger partial charge in [-0.3, -0.25) is 0 Å². The molecule has 0 aliphatic carbocycles. The van der Waals surface area contributed by atoms with Gasteiger partial charge in [-0.2, -0.15) is 0 Å². The number of ether oxygens (including phenoxy) is 1. The lowest BCUT2D eigenvalue weighted by Gasteiger charge is -2.13. The lowest BCUT2D eigenvalue weighted by molar-refractivity contribution is 0.411. The third-order valence-corrected chi connectivity index (χ3v) is 4.31. The minimum absolute atomic E-state index is 0.272. The summed E-state index contributed by atoms with van der Waals surface area (Å²) in [6.45, 7) is 1.98. The Labute approximate surface area is 120 Å². The Kier molecular flexibility index (Phi) is 4.17. The topological polar surface area (TPSA) is 35.2 Å². The summed E-state index contributed by atoms with van der Waals surface area (Å²) in [5.74, 6) is 0.848. The van der Waals surface area contributed by atoms with Gasteiger partial charge in [0.25, 0.3) is 0 Å². The number of rotatable bonds is 3. The molecule has 96 valence electrons. The normalized spacial score (nSPS) is 12.5. The Hall–Kier alpha value is -0.740. The molecule has 0 fully saturated rings. The van der Waals surface area contributed by atoms with Gasteiger partial charge in [-0.1, -0.05) is 35.3 Å². The van der Waals surface area contributed by atoms with Crippen LogP contribution in [-0.2, 0) is 0 Å². The van der Waals surface area contributed by atoms with Crippen LogP contribution < -0.4 is 10.5 Å². The van der Waals surface area contributed by atoms with E-state index in [0.717, 1.165) is 22.4 Å². The van der Waals surface area contributed by atoms with E-state index in [1.807, 2.05) is 31.2 Å². The van der Waals surface area contributed by atoms with Crippen LogP contribution in [0, 0.1) is 6.92 Å². The summed E-state index contributed by atoms with van der Waals surface area (Å²) in [6.07, 6.45) is 0. The first-order valence-corrected chi connectivity index (χ1v) is 6.95. The Morgan fingerprint density at radius 2 is 2.00 bits per heavy atom. The molecule has 2 aromatic rings. The third kappa shape index (κ3) is 2.64. The molecule has 1 heterocycles. The van der Waals surface area contributed by atoms with Crippen molar-refractivity contribution < 1.29 is 4.74 Å². The van der Waals surface area contributed by atoms with Crippen molar-refractivity contribution in [3.8, 4) is 5.75 Å². The minimum atomic E-state index is -0.272. The maximum absolute atomic E-state index is 6.21. The first kappa shape index (κ1) is 13.7. The monoisotopic (exact) mass is 301 g/mol. The second kappa shape index (κ2) is 5.49. The van der Waals surface area contributed by atoms with Crippen molar-refractivity contribution >= 4 is 34.5 Å². The van der Waals surface area contributed by atoms with Crippen LogP contribution in [-0.4, -0.2) is 7.11 Å². The summed E-state index contributed by atoms with van der Waals surface area (Å²) in [5.41, 5.74) is 9.11. The number of nitrogens with two attached hydrogens (primary N) is 1. The molecule has 2 N–H and O–H groups in total. The molecule has 0 saturated carbocycles. The van der Waals surface area contributed by atoms with Gasteiger partial charge < -0.3 is 10.5 Å². The summed E-state index contributed by atoms with van der Waals surface area (Å²) < 4.78 is 6.52. The second-order valence-corrected chi connectivity index (χ2v) is 6.27. The van der Waals surface area contributed by atoms with E-state index in [9.17, 15) is 0 Å². The van der Waals surface area contributed by atoms with E-state index in [2.05, 4.69) is 0 Å². The number of hydrogen-bond donors (Lipinski definition) is 1. The Balaban J connectivity index is 2.37. The first-order chi connectivity index (χ1) is 8.52. The predicted octanol–water partition coefficient (Wildman–Crippen LogP) is 4.42. The molecule has 1 aromatic carbocycles. The molecular formula is C13H13Cl2NOS. The molecule has 0 aliphatic heterocycles. The highest BCUT2D eigenvalue weighted by Crippen LogP contribution is 2.37. The Morgan fingerprint density at radius 1 is 1.28 bits per heavy atom. The quantitative estimate of drug-likeness (QED) is 0.911. The molecule has 5 heteroatoms. The van der Waals surface area contributed by atoms with Gasteiger partial charge in [0.2, 0.25) is 0 Å². The molecule has 0 saturated heterocycles. The molecule has 0 aliphatic rings. The van der Waals surface area contributed by atoms with Gasteiger partial charge in [-0.25, -0.2) is 0 Å². The average molecular weight is 302 g/mol. The van der Waals surface area contributed by atoms with Crippen molar-refractivity contribution in [1.29, 1.82) is 0 Å². The molecule has 1 unspecified atom stereocenters. The maximum Gasteiger partial charge on any atom is 0.121 e. The first-order valence-electron chi connectivity index (χ1n) is 5.37. The van der Waals surface area contributed by atoms with Gasteiger partial charge in [0.15, 0.2) is 0 Å². The number of aryl methyl sites for hydroxylation is 1. The van der Waals surface area contributed by atoms with E-state index in [1.165, 1.54) is 11.3 Å². The lowest BCUT2D eigenvalue weighted by Crippen LogP contribution is -2.11. The zero-order valence-corrected chi connectivity index (χ0v) is 12.4. The van der Waals surface area contributed by atoms with Crippen LogP contribution in [0.25, 0.3) is 0 Å². The van der Waals surface area contributed by atoms with Crippen LogP contribution in [0.3, 0.4) is 0 Å². The van der Waals surface area contributed by atoms with E-state index >= 15 is 0 Å². The van der Waals surface area contributed by atoms with Crippen LogP contribution >= 0.6 is 34.5 Å². The molecule has 1 aromatic heterocycles. The molecule has 0 bridgehead atoms. The molecule has 0 radical (unpaired) electrons. The molecule has 0 amide bonds.